The number of benzene rings is 1. The zero-order chi connectivity index (χ0) is 12.3. The summed E-state index contributed by atoms with van der Waals surface area (Å²) in [6.45, 7) is 2.52. The molecule has 2 aliphatic heterocycles. The van der Waals surface area contributed by atoms with Gasteiger partial charge in [-0.05, 0) is 18.7 Å². The minimum Gasteiger partial charge on any atom is -0.333 e. The molecular formula is C14H15N3O. The maximum absolute atomic E-state index is 11.8. The fourth-order valence-corrected chi connectivity index (χ4v) is 3.25. The molecular weight excluding hydrogens is 226 g/mol. The van der Waals surface area contributed by atoms with E-state index < -0.39 is 0 Å². The number of amides is 1. The maximum Gasteiger partial charge on any atom is 0.244 e. The summed E-state index contributed by atoms with van der Waals surface area (Å²) in [6.07, 6.45) is 1.03. The van der Waals surface area contributed by atoms with Crippen molar-refractivity contribution in [2.24, 2.45) is 0 Å². The van der Waals surface area contributed by atoms with E-state index in [1.807, 2.05) is 12.1 Å². The fraction of sp³-hybridized carbons (Fsp3) is 0.357. The molecule has 0 radical (unpaired) electrons. The zero-order valence-electron chi connectivity index (χ0n) is 10.4. The molecule has 0 saturated heterocycles. The second-order valence-electron chi connectivity index (χ2n) is 5.25. The average molecular weight is 241 g/mol. The van der Waals surface area contributed by atoms with Crippen molar-refractivity contribution in [1.82, 2.24) is 9.47 Å². The number of hydrogen-bond donors (Lipinski definition) is 1. The number of carbonyl (C=O) groups excluding carboxylic acids is 1. The molecule has 18 heavy (non-hydrogen) atoms. The molecule has 4 nitrogen and oxygen atoms in total. The zero-order valence-corrected chi connectivity index (χ0v) is 10.4. The van der Waals surface area contributed by atoms with Crippen molar-refractivity contribution in [3.63, 3.8) is 0 Å². The predicted molar refractivity (Wildman–Crippen MR) is 70.6 cm³/mol. The van der Waals surface area contributed by atoms with Gasteiger partial charge in [-0.2, -0.15) is 0 Å². The Morgan fingerprint density at radius 2 is 2.17 bits per heavy atom. The summed E-state index contributed by atoms with van der Waals surface area (Å²) >= 11 is 0. The summed E-state index contributed by atoms with van der Waals surface area (Å²) in [5.74, 6) is 0.0901. The Morgan fingerprint density at radius 3 is 3.06 bits per heavy atom. The van der Waals surface area contributed by atoms with Crippen molar-refractivity contribution in [2.75, 3.05) is 18.9 Å². The lowest BCUT2D eigenvalue weighted by Gasteiger charge is -2.24. The van der Waals surface area contributed by atoms with Gasteiger partial charge in [0.05, 0.1) is 11.2 Å². The van der Waals surface area contributed by atoms with Crippen LogP contribution in [-0.4, -0.2) is 29.0 Å². The Bertz CT molecular complexity index is 671. The molecule has 0 unspecified atom stereocenters. The quantitative estimate of drug-likeness (QED) is 0.760. The van der Waals surface area contributed by atoms with Crippen molar-refractivity contribution >= 4 is 22.5 Å². The van der Waals surface area contributed by atoms with Crippen LogP contribution in [0.1, 0.15) is 11.3 Å². The van der Waals surface area contributed by atoms with Gasteiger partial charge in [-0.25, -0.2) is 0 Å². The molecule has 1 N–H and O–H groups in total. The van der Waals surface area contributed by atoms with E-state index in [0.717, 1.165) is 25.2 Å². The molecule has 0 bridgehead atoms. The first-order valence-corrected chi connectivity index (χ1v) is 6.35. The summed E-state index contributed by atoms with van der Waals surface area (Å²) in [5.41, 5.74) is 4.92. The second kappa shape index (κ2) is 3.36. The molecule has 2 aliphatic rings. The van der Waals surface area contributed by atoms with E-state index in [1.54, 1.807) is 0 Å². The van der Waals surface area contributed by atoms with E-state index >= 15 is 0 Å². The lowest BCUT2D eigenvalue weighted by Crippen LogP contribution is -2.29. The van der Waals surface area contributed by atoms with Gasteiger partial charge in [0.1, 0.15) is 6.54 Å². The van der Waals surface area contributed by atoms with E-state index in [-0.39, 0.29) is 5.91 Å². The predicted octanol–water partition coefficient (Wildman–Crippen LogP) is 1.58. The van der Waals surface area contributed by atoms with Crippen LogP contribution in [0.15, 0.2) is 18.2 Å². The average Bonchev–Trinajstić information content (AvgIpc) is 2.65. The molecule has 1 amide bonds. The van der Waals surface area contributed by atoms with Crippen molar-refractivity contribution < 1.29 is 4.79 Å². The third-order valence-electron chi connectivity index (χ3n) is 4.04. The van der Waals surface area contributed by atoms with Gasteiger partial charge < -0.3 is 14.8 Å². The third-order valence-corrected chi connectivity index (χ3v) is 4.04. The first-order valence-electron chi connectivity index (χ1n) is 6.35. The molecule has 4 heteroatoms. The van der Waals surface area contributed by atoms with E-state index in [2.05, 4.69) is 27.9 Å². The number of rotatable bonds is 0. The summed E-state index contributed by atoms with van der Waals surface area (Å²) in [4.78, 5) is 14.1. The van der Waals surface area contributed by atoms with Crippen LogP contribution < -0.4 is 5.32 Å². The van der Waals surface area contributed by atoms with E-state index in [4.69, 9.17) is 0 Å². The topological polar surface area (TPSA) is 37.3 Å². The van der Waals surface area contributed by atoms with Crippen molar-refractivity contribution in [2.45, 2.75) is 19.5 Å². The highest BCUT2D eigenvalue weighted by Gasteiger charge is 2.27. The number of carbonyl (C=O) groups is 1. The fourth-order valence-electron chi connectivity index (χ4n) is 3.25. The number of anilines is 1. The number of nitrogens with zero attached hydrogens (tertiary/aromatic N) is 2. The van der Waals surface area contributed by atoms with Crippen LogP contribution in [0, 0.1) is 0 Å². The van der Waals surface area contributed by atoms with Gasteiger partial charge in [0.2, 0.25) is 5.91 Å². The van der Waals surface area contributed by atoms with Crippen LogP contribution in [0.5, 0.6) is 0 Å². The van der Waals surface area contributed by atoms with Crippen LogP contribution >= 0.6 is 0 Å². The molecule has 92 valence electrons. The Labute approximate surface area is 105 Å². The number of fused-ring (bicyclic) bond motifs is 3. The largest absolute Gasteiger partial charge is 0.333 e. The molecule has 4 rings (SSSR count). The van der Waals surface area contributed by atoms with Gasteiger partial charge >= 0.3 is 0 Å². The monoisotopic (exact) mass is 241 g/mol. The summed E-state index contributed by atoms with van der Waals surface area (Å²) in [6, 6.07) is 6.19. The normalized spacial score (nSPS) is 18.8. The molecule has 0 aliphatic carbocycles. The highest BCUT2D eigenvalue weighted by atomic mass is 16.2. The Morgan fingerprint density at radius 1 is 1.28 bits per heavy atom. The molecule has 1 aromatic carbocycles. The van der Waals surface area contributed by atoms with E-state index in [9.17, 15) is 4.79 Å². The lowest BCUT2D eigenvalue weighted by molar-refractivity contribution is -0.116. The van der Waals surface area contributed by atoms with Gasteiger partial charge in [-0.1, -0.05) is 12.1 Å². The standard InChI is InChI=1S/C14H15N3O/c1-16-6-5-12-10(7-16)9-3-2-4-11-14(9)17(12)8-13(18)15-11/h2-4H,5-8H2,1H3,(H,15,18). The Kier molecular flexibility index (Phi) is 1.89. The molecule has 1 aromatic heterocycles. The second-order valence-corrected chi connectivity index (χ2v) is 5.25. The summed E-state index contributed by atoms with van der Waals surface area (Å²) < 4.78 is 2.21. The number of aromatic nitrogens is 1. The molecule has 0 spiro atoms. The van der Waals surface area contributed by atoms with Crippen LogP contribution in [-0.2, 0) is 24.3 Å². The summed E-state index contributed by atoms with van der Waals surface area (Å²) in [5, 5.41) is 4.27. The SMILES string of the molecule is CN1CCc2c(c3cccc4c3n2CC(=O)N4)C1. The van der Waals surface area contributed by atoms with Crippen molar-refractivity contribution in [3.05, 3.63) is 29.5 Å². The number of nitrogens with one attached hydrogen (secondary N) is 1. The molecule has 0 atom stereocenters. The van der Waals surface area contributed by atoms with Gasteiger partial charge in [0.25, 0.3) is 0 Å². The molecule has 0 fully saturated rings. The number of para-hydroxylation sites is 1. The number of hydrogen-bond acceptors (Lipinski definition) is 2. The van der Waals surface area contributed by atoms with E-state index in [1.165, 1.54) is 22.2 Å². The Hall–Kier alpha value is -1.81. The minimum absolute atomic E-state index is 0.0901. The number of likely N-dealkylation sites (N-methyl/N-ethyl adjacent to an activating group) is 1. The minimum atomic E-state index is 0.0901. The Balaban J connectivity index is 2.09. The van der Waals surface area contributed by atoms with E-state index in [0.29, 0.717) is 6.54 Å². The third kappa shape index (κ3) is 1.21. The molecule has 2 aromatic rings. The van der Waals surface area contributed by atoms with Crippen LogP contribution in [0.25, 0.3) is 10.9 Å². The first kappa shape index (κ1) is 10.1. The van der Waals surface area contributed by atoms with Gasteiger partial charge in [0.15, 0.2) is 0 Å². The highest BCUT2D eigenvalue weighted by Crippen LogP contribution is 2.36. The van der Waals surface area contributed by atoms with Crippen LogP contribution in [0.4, 0.5) is 5.69 Å². The van der Waals surface area contributed by atoms with Gasteiger partial charge in [-0.15, -0.1) is 0 Å². The van der Waals surface area contributed by atoms with Crippen molar-refractivity contribution in [3.8, 4) is 0 Å². The van der Waals surface area contributed by atoms with Gasteiger partial charge in [0, 0.05) is 30.6 Å². The molecule has 3 heterocycles. The lowest BCUT2D eigenvalue weighted by atomic mass is 10.0. The molecule has 0 saturated carbocycles. The van der Waals surface area contributed by atoms with Crippen LogP contribution in [0.2, 0.25) is 0 Å². The van der Waals surface area contributed by atoms with Gasteiger partial charge in [-0.3, -0.25) is 4.79 Å². The summed E-state index contributed by atoms with van der Waals surface area (Å²) in [7, 11) is 2.15. The van der Waals surface area contributed by atoms with Crippen molar-refractivity contribution in [1.29, 1.82) is 0 Å². The van der Waals surface area contributed by atoms with Crippen LogP contribution in [0.3, 0.4) is 0 Å². The first-order chi connectivity index (χ1) is 8.74. The highest BCUT2D eigenvalue weighted by molar-refractivity contribution is 6.06. The maximum atomic E-state index is 11.8. The smallest absolute Gasteiger partial charge is 0.244 e.